The molecule has 0 bridgehead atoms. The fourth-order valence-corrected chi connectivity index (χ4v) is 3.79. The molecule has 2 nitrogen and oxygen atoms in total. The molecule has 0 saturated heterocycles. The van der Waals surface area contributed by atoms with Crippen LogP contribution in [0.15, 0.2) is 24.3 Å². The fraction of sp³-hybridized carbons (Fsp3) is 0.600. The first-order valence-corrected chi connectivity index (χ1v) is 10.7. The molecule has 0 aliphatic rings. The van der Waals surface area contributed by atoms with E-state index in [1.807, 2.05) is 31.2 Å². The minimum absolute atomic E-state index is 0.158. The van der Waals surface area contributed by atoms with Crippen molar-refractivity contribution in [1.29, 1.82) is 0 Å². The predicted molar refractivity (Wildman–Crippen MR) is 91.9 cm³/mol. The average Bonchev–Trinajstić information content (AvgIpc) is 2.26. The zero-order valence-corrected chi connectivity index (χ0v) is 15.9. The zero-order valence-electron chi connectivity index (χ0n) is 12.7. The minimum Gasteiger partial charge on any atom is -0.411 e. The van der Waals surface area contributed by atoms with Crippen molar-refractivity contribution in [1.82, 2.24) is 0 Å². The molecule has 0 spiro atoms. The van der Waals surface area contributed by atoms with E-state index in [9.17, 15) is 5.11 Å². The van der Waals surface area contributed by atoms with Crippen LogP contribution in [0.1, 0.15) is 39.4 Å². The Morgan fingerprint density at radius 2 is 1.74 bits per heavy atom. The minimum atomic E-state index is -1.84. The third-order valence-corrected chi connectivity index (χ3v) is 9.51. The molecule has 0 amide bonds. The molecule has 1 rings (SSSR count). The van der Waals surface area contributed by atoms with E-state index in [2.05, 4.69) is 56.5 Å². The van der Waals surface area contributed by atoms with E-state index < -0.39 is 14.4 Å². The van der Waals surface area contributed by atoms with Gasteiger partial charge in [-0.05, 0) is 59.3 Å². The summed E-state index contributed by atoms with van der Waals surface area (Å²) in [5.74, 6) is 0. The van der Waals surface area contributed by atoms with Crippen molar-refractivity contribution in [2.45, 2.75) is 58.0 Å². The highest BCUT2D eigenvalue weighted by atomic mass is 127. The van der Waals surface area contributed by atoms with Crippen LogP contribution in [-0.4, -0.2) is 19.5 Å². The number of hydrogen-bond donors (Lipinski definition) is 1. The summed E-state index contributed by atoms with van der Waals surface area (Å²) in [5, 5.41) is 10.6. The molecule has 1 aromatic rings. The van der Waals surface area contributed by atoms with Crippen LogP contribution in [0.5, 0.6) is 0 Å². The van der Waals surface area contributed by atoms with Crippen LogP contribution < -0.4 is 0 Å². The van der Waals surface area contributed by atoms with Crippen LogP contribution in [0, 0.1) is 3.57 Å². The predicted octanol–water partition coefficient (Wildman–Crippen LogP) is 4.73. The molecule has 4 heteroatoms. The second-order valence-electron chi connectivity index (χ2n) is 6.55. The second-order valence-corrected chi connectivity index (χ2v) is 12.5. The number of aliphatic hydroxyl groups excluding tert-OH is 1. The van der Waals surface area contributed by atoms with Gasteiger partial charge in [-0.2, -0.15) is 0 Å². The first kappa shape index (κ1) is 17.1. The average molecular weight is 392 g/mol. The van der Waals surface area contributed by atoms with E-state index >= 15 is 0 Å². The maximum atomic E-state index is 10.5. The third kappa shape index (κ3) is 4.28. The Bertz CT molecular complexity index is 426. The van der Waals surface area contributed by atoms with E-state index in [1.54, 1.807) is 0 Å². The zero-order chi connectivity index (χ0) is 14.8. The van der Waals surface area contributed by atoms with Gasteiger partial charge < -0.3 is 9.53 Å². The van der Waals surface area contributed by atoms with Gasteiger partial charge in [-0.25, -0.2) is 0 Å². The van der Waals surface area contributed by atoms with Crippen molar-refractivity contribution < 1.29 is 9.53 Å². The van der Waals surface area contributed by atoms with Crippen LogP contribution >= 0.6 is 22.6 Å². The van der Waals surface area contributed by atoms with Gasteiger partial charge in [-0.3, -0.25) is 0 Å². The summed E-state index contributed by atoms with van der Waals surface area (Å²) in [7, 11) is -1.84. The first-order valence-electron chi connectivity index (χ1n) is 6.66. The summed E-state index contributed by atoms with van der Waals surface area (Å²) in [6.45, 7) is 13.0. The highest BCUT2D eigenvalue weighted by molar-refractivity contribution is 14.1. The Labute approximate surface area is 131 Å². The summed E-state index contributed by atoms with van der Waals surface area (Å²) in [5.41, 5.74) is 0.953. The smallest absolute Gasteiger partial charge is 0.192 e. The monoisotopic (exact) mass is 392 g/mol. The van der Waals surface area contributed by atoms with Crippen LogP contribution in [-0.2, 0) is 4.43 Å². The van der Waals surface area contributed by atoms with Crippen molar-refractivity contribution in [2.24, 2.45) is 0 Å². The molecular formula is C15H25IO2Si. The van der Waals surface area contributed by atoms with Crippen LogP contribution in [0.4, 0.5) is 0 Å². The lowest BCUT2D eigenvalue weighted by Gasteiger charge is -2.39. The molecule has 19 heavy (non-hydrogen) atoms. The Balaban J connectivity index is 2.85. The molecule has 1 aromatic carbocycles. The molecular weight excluding hydrogens is 367 g/mol. The van der Waals surface area contributed by atoms with Gasteiger partial charge in [0.2, 0.25) is 0 Å². The lowest BCUT2D eigenvalue weighted by molar-refractivity contribution is 0.0375. The molecule has 1 N–H and O–H groups in total. The van der Waals surface area contributed by atoms with Gasteiger partial charge in [-0.1, -0.05) is 39.0 Å². The van der Waals surface area contributed by atoms with Gasteiger partial charge in [0, 0.05) is 3.57 Å². The van der Waals surface area contributed by atoms with E-state index in [0.29, 0.717) is 0 Å². The number of benzene rings is 1. The standard InChI is InChI=1S/C15H25IO2Si/c1-11(18-19(5,6)15(2,3)4)14(17)12-9-7-8-10-13(12)16/h7-11,14,17H,1-6H3/t11-,14+/m0/s1. The van der Waals surface area contributed by atoms with Crippen LogP contribution in [0.2, 0.25) is 18.1 Å². The van der Waals surface area contributed by atoms with E-state index in [0.717, 1.165) is 9.13 Å². The number of halogens is 1. The number of aliphatic hydroxyl groups is 1. The molecule has 0 unspecified atom stereocenters. The lowest BCUT2D eigenvalue weighted by atomic mass is 10.1. The highest BCUT2D eigenvalue weighted by Crippen LogP contribution is 2.38. The van der Waals surface area contributed by atoms with Crippen molar-refractivity contribution >= 4 is 30.9 Å². The fourth-order valence-electron chi connectivity index (χ4n) is 1.67. The first-order chi connectivity index (χ1) is 8.56. The molecule has 2 atom stereocenters. The molecule has 0 radical (unpaired) electrons. The van der Waals surface area contributed by atoms with Gasteiger partial charge in [0.05, 0.1) is 6.10 Å². The second kappa shape index (κ2) is 6.24. The van der Waals surface area contributed by atoms with Crippen LogP contribution in [0.25, 0.3) is 0 Å². The van der Waals surface area contributed by atoms with E-state index in [1.165, 1.54) is 0 Å². The Morgan fingerprint density at radius 1 is 1.21 bits per heavy atom. The Morgan fingerprint density at radius 3 is 2.21 bits per heavy atom. The molecule has 0 aliphatic heterocycles. The van der Waals surface area contributed by atoms with Crippen LogP contribution in [0.3, 0.4) is 0 Å². The summed E-state index contributed by atoms with van der Waals surface area (Å²) < 4.78 is 7.34. The lowest BCUT2D eigenvalue weighted by Crippen LogP contribution is -2.44. The number of rotatable bonds is 4. The van der Waals surface area contributed by atoms with Gasteiger partial charge in [0.1, 0.15) is 6.10 Å². The molecule has 0 aromatic heterocycles. The molecule has 108 valence electrons. The summed E-state index contributed by atoms with van der Waals surface area (Å²) in [6.07, 6.45) is -0.751. The molecule has 0 aliphatic carbocycles. The third-order valence-electron chi connectivity index (χ3n) is 3.96. The van der Waals surface area contributed by atoms with Crippen molar-refractivity contribution in [3.05, 3.63) is 33.4 Å². The summed E-state index contributed by atoms with van der Waals surface area (Å²) >= 11 is 2.26. The molecule has 0 fully saturated rings. The van der Waals surface area contributed by atoms with Gasteiger partial charge in [-0.15, -0.1) is 0 Å². The topological polar surface area (TPSA) is 29.5 Å². The van der Waals surface area contributed by atoms with Crippen molar-refractivity contribution in [3.8, 4) is 0 Å². The van der Waals surface area contributed by atoms with Gasteiger partial charge in [0.25, 0.3) is 0 Å². The SMILES string of the molecule is C[C@H](O[Si](C)(C)C(C)(C)C)[C@@H](O)c1ccccc1I. The van der Waals surface area contributed by atoms with Gasteiger partial charge in [0.15, 0.2) is 8.32 Å². The largest absolute Gasteiger partial charge is 0.411 e. The molecule has 0 saturated carbocycles. The molecule has 0 heterocycles. The Kier molecular flexibility index (Phi) is 5.63. The normalized spacial score (nSPS) is 16.2. The summed E-state index contributed by atoms with van der Waals surface area (Å²) in [4.78, 5) is 0. The van der Waals surface area contributed by atoms with E-state index in [4.69, 9.17) is 4.43 Å². The maximum Gasteiger partial charge on any atom is 0.192 e. The highest BCUT2D eigenvalue weighted by Gasteiger charge is 2.39. The summed E-state index contributed by atoms with van der Waals surface area (Å²) in [6, 6.07) is 7.92. The Hall–Kier alpha value is 0.0869. The van der Waals surface area contributed by atoms with E-state index in [-0.39, 0.29) is 11.1 Å². The number of hydrogen-bond acceptors (Lipinski definition) is 2. The van der Waals surface area contributed by atoms with Crippen molar-refractivity contribution in [2.75, 3.05) is 0 Å². The van der Waals surface area contributed by atoms with Crippen molar-refractivity contribution in [3.63, 3.8) is 0 Å². The van der Waals surface area contributed by atoms with Gasteiger partial charge >= 0.3 is 0 Å². The quantitative estimate of drug-likeness (QED) is 0.593. The maximum absolute atomic E-state index is 10.5.